The van der Waals surface area contributed by atoms with E-state index in [2.05, 4.69) is 29.6 Å². The molecule has 0 unspecified atom stereocenters. The third kappa shape index (κ3) is 3.98. The molecule has 1 saturated heterocycles. The zero-order valence-corrected chi connectivity index (χ0v) is 18.1. The molecule has 0 spiro atoms. The van der Waals surface area contributed by atoms with E-state index in [9.17, 15) is 14.7 Å². The zero-order valence-electron chi connectivity index (χ0n) is 18.1. The van der Waals surface area contributed by atoms with Crippen molar-refractivity contribution < 1.29 is 24.2 Å². The van der Waals surface area contributed by atoms with Crippen LogP contribution in [0.2, 0.25) is 0 Å². The van der Waals surface area contributed by atoms with Gasteiger partial charge in [-0.3, -0.25) is 0 Å². The van der Waals surface area contributed by atoms with E-state index in [1.807, 2.05) is 24.3 Å². The van der Waals surface area contributed by atoms with Gasteiger partial charge in [-0.2, -0.15) is 0 Å². The molecular weight excluding hydrogens is 418 g/mol. The fraction of sp³-hybridized carbons (Fsp3) is 0.259. The summed E-state index contributed by atoms with van der Waals surface area (Å²) in [5, 5.41) is 12.3. The lowest BCUT2D eigenvalue weighted by molar-refractivity contribution is 0.0335. The molecule has 0 saturated carbocycles. The van der Waals surface area contributed by atoms with Crippen molar-refractivity contribution in [1.82, 2.24) is 5.32 Å². The summed E-state index contributed by atoms with van der Waals surface area (Å²) in [6.45, 7) is 1.25. The molecule has 6 nitrogen and oxygen atoms in total. The van der Waals surface area contributed by atoms with Gasteiger partial charge in [0.25, 0.3) is 0 Å². The Bertz CT molecular complexity index is 1140. The van der Waals surface area contributed by atoms with Gasteiger partial charge in [0, 0.05) is 19.1 Å². The van der Waals surface area contributed by atoms with Gasteiger partial charge in [-0.15, -0.1) is 0 Å². The van der Waals surface area contributed by atoms with Crippen LogP contribution in [0.3, 0.4) is 0 Å². The molecule has 3 aromatic rings. The van der Waals surface area contributed by atoms with Crippen LogP contribution in [-0.4, -0.2) is 37.0 Å². The van der Waals surface area contributed by atoms with Crippen molar-refractivity contribution in [3.05, 3.63) is 95.1 Å². The van der Waals surface area contributed by atoms with E-state index in [-0.39, 0.29) is 18.1 Å². The van der Waals surface area contributed by atoms with Crippen molar-refractivity contribution in [2.75, 3.05) is 19.8 Å². The van der Waals surface area contributed by atoms with Crippen LogP contribution in [0.15, 0.2) is 72.8 Å². The van der Waals surface area contributed by atoms with E-state index in [4.69, 9.17) is 9.47 Å². The molecular formula is C27H25NO5. The van der Waals surface area contributed by atoms with Crippen LogP contribution in [0.25, 0.3) is 11.1 Å². The maximum Gasteiger partial charge on any atom is 0.407 e. The Labute approximate surface area is 192 Å². The minimum Gasteiger partial charge on any atom is -0.478 e. The summed E-state index contributed by atoms with van der Waals surface area (Å²) in [5.74, 6) is -0.990. The lowest BCUT2D eigenvalue weighted by Crippen LogP contribution is -2.49. The number of carboxylic acids is 1. The number of hydrogen-bond donors (Lipinski definition) is 2. The number of hydrogen-bond acceptors (Lipinski definition) is 4. The Balaban J connectivity index is 1.34. The minimum absolute atomic E-state index is 0.0105. The van der Waals surface area contributed by atoms with Crippen LogP contribution in [0.1, 0.15) is 45.8 Å². The lowest BCUT2D eigenvalue weighted by Gasteiger charge is -2.38. The van der Waals surface area contributed by atoms with Crippen LogP contribution in [-0.2, 0) is 15.0 Å². The summed E-state index contributed by atoms with van der Waals surface area (Å²) in [7, 11) is 0. The highest BCUT2D eigenvalue weighted by molar-refractivity contribution is 5.87. The Hall–Kier alpha value is -3.64. The maximum atomic E-state index is 13.0. The van der Waals surface area contributed by atoms with E-state index in [1.54, 1.807) is 24.3 Å². The molecule has 33 heavy (non-hydrogen) atoms. The lowest BCUT2D eigenvalue weighted by atomic mass is 9.82. The molecule has 1 amide bonds. The van der Waals surface area contributed by atoms with Gasteiger partial charge in [0.2, 0.25) is 0 Å². The molecule has 1 aliphatic heterocycles. The predicted molar refractivity (Wildman–Crippen MR) is 123 cm³/mol. The molecule has 0 bridgehead atoms. The number of carboxylic acid groups (broad SMARTS) is 1. The number of alkyl carbamates (subject to hydrolysis) is 1. The van der Waals surface area contributed by atoms with Crippen molar-refractivity contribution in [1.29, 1.82) is 0 Å². The Kier molecular flexibility index (Phi) is 5.60. The summed E-state index contributed by atoms with van der Waals surface area (Å²) < 4.78 is 11.3. The largest absolute Gasteiger partial charge is 0.478 e. The van der Waals surface area contributed by atoms with Crippen LogP contribution in [0.5, 0.6) is 0 Å². The van der Waals surface area contributed by atoms with Gasteiger partial charge in [-0.25, -0.2) is 9.59 Å². The highest BCUT2D eigenvalue weighted by atomic mass is 16.5. The van der Waals surface area contributed by atoms with Gasteiger partial charge >= 0.3 is 12.1 Å². The first kappa shape index (κ1) is 21.2. The van der Waals surface area contributed by atoms with Crippen molar-refractivity contribution in [2.45, 2.75) is 24.3 Å². The van der Waals surface area contributed by atoms with Crippen molar-refractivity contribution in [3.63, 3.8) is 0 Å². The van der Waals surface area contributed by atoms with E-state index < -0.39 is 17.6 Å². The van der Waals surface area contributed by atoms with Gasteiger partial charge in [-0.05, 0) is 52.8 Å². The third-order valence-corrected chi connectivity index (χ3v) is 6.72. The molecule has 0 radical (unpaired) electrons. The molecule has 1 heterocycles. The summed E-state index contributed by atoms with van der Waals surface area (Å²) in [4.78, 5) is 24.2. The first-order valence-electron chi connectivity index (χ1n) is 11.1. The number of ether oxygens (including phenoxy) is 2. The average molecular weight is 443 g/mol. The Morgan fingerprint density at radius 1 is 0.909 bits per heavy atom. The highest BCUT2D eigenvalue weighted by Gasteiger charge is 2.37. The molecule has 5 rings (SSSR count). The number of benzene rings is 3. The second-order valence-corrected chi connectivity index (χ2v) is 8.53. The van der Waals surface area contributed by atoms with E-state index in [1.165, 1.54) is 11.1 Å². The monoisotopic (exact) mass is 443 g/mol. The number of rotatable bonds is 5. The Morgan fingerprint density at radius 2 is 1.48 bits per heavy atom. The van der Waals surface area contributed by atoms with Gasteiger partial charge in [-0.1, -0.05) is 60.7 Å². The van der Waals surface area contributed by atoms with Crippen molar-refractivity contribution >= 4 is 12.1 Å². The summed E-state index contributed by atoms with van der Waals surface area (Å²) in [5.41, 5.74) is 5.10. The number of amides is 1. The van der Waals surface area contributed by atoms with Gasteiger partial charge in [0.05, 0.1) is 11.1 Å². The summed E-state index contributed by atoms with van der Waals surface area (Å²) >= 11 is 0. The fourth-order valence-corrected chi connectivity index (χ4v) is 4.97. The van der Waals surface area contributed by atoms with E-state index >= 15 is 0 Å². The topological polar surface area (TPSA) is 84.9 Å². The molecule has 2 aliphatic rings. The summed E-state index contributed by atoms with van der Waals surface area (Å²) in [6.07, 6.45) is 0.689. The number of carbonyl (C=O) groups is 2. The normalized spacial score (nSPS) is 16.5. The van der Waals surface area contributed by atoms with E-state index in [0.717, 1.165) is 16.7 Å². The third-order valence-electron chi connectivity index (χ3n) is 6.72. The number of carbonyl (C=O) groups excluding carboxylic acids is 1. The van der Waals surface area contributed by atoms with Crippen molar-refractivity contribution in [3.8, 4) is 11.1 Å². The molecule has 1 aliphatic carbocycles. The van der Waals surface area contributed by atoms with Crippen LogP contribution < -0.4 is 5.32 Å². The molecule has 3 aromatic carbocycles. The van der Waals surface area contributed by atoms with Crippen molar-refractivity contribution in [2.24, 2.45) is 0 Å². The minimum atomic E-state index is -0.980. The second-order valence-electron chi connectivity index (χ2n) is 8.53. The molecule has 2 N–H and O–H groups in total. The van der Waals surface area contributed by atoms with Crippen LogP contribution >= 0.6 is 0 Å². The predicted octanol–water partition coefficient (Wildman–Crippen LogP) is 4.93. The maximum absolute atomic E-state index is 13.0. The highest BCUT2D eigenvalue weighted by Crippen LogP contribution is 2.44. The average Bonchev–Trinajstić information content (AvgIpc) is 3.17. The smallest absolute Gasteiger partial charge is 0.407 e. The molecule has 0 aromatic heterocycles. The summed E-state index contributed by atoms with van der Waals surface area (Å²) in [6, 6.07) is 23.1. The fourth-order valence-electron chi connectivity index (χ4n) is 4.97. The standard InChI is InChI=1S/C27H25NO5/c29-25(30)18-9-11-19(12-10-18)27(13-15-32-16-14-27)28-26(31)33-17-24-22-7-3-1-5-20(22)21-6-2-4-8-23(21)24/h1-12,24H,13-17H2,(H,28,31)(H,29,30). The second kappa shape index (κ2) is 8.71. The molecule has 6 heteroatoms. The number of aromatic carboxylic acids is 1. The number of fused-ring (bicyclic) bond motifs is 3. The molecule has 0 atom stereocenters. The van der Waals surface area contributed by atoms with Crippen LogP contribution in [0, 0.1) is 0 Å². The van der Waals surface area contributed by atoms with E-state index in [0.29, 0.717) is 26.1 Å². The molecule has 1 fully saturated rings. The van der Waals surface area contributed by atoms with Crippen LogP contribution in [0.4, 0.5) is 4.79 Å². The quantitative estimate of drug-likeness (QED) is 0.584. The molecule has 168 valence electrons. The first-order chi connectivity index (χ1) is 16.1. The Morgan fingerprint density at radius 3 is 2.06 bits per heavy atom. The van der Waals surface area contributed by atoms with Gasteiger partial charge < -0.3 is 19.9 Å². The SMILES string of the molecule is O=C(NC1(c2ccc(C(=O)O)cc2)CCOCC1)OCC1c2ccccc2-c2ccccc21. The van der Waals surface area contributed by atoms with Gasteiger partial charge in [0.1, 0.15) is 6.61 Å². The first-order valence-corrected chi connectivity index (χ1v) is 11.1. The van der Waals surface area contributed by atoms with Gasteiger partial charge in [0.15, 0.2) is 0 Å². The zero-order chi connectivity index (χ0) is 22.8. The number of nitrogens with one attached hydrogen (secondary N) is 1.